The number of hydrogen-bond donors (Lipinski definition) is 2. The second-order valence-electron chi connectivity index (χ2n) is 5.95. The molecule has 126 valence electrons. The quantitative estimate of drug-likeness (QED) is 0.773. The first-order valence-corrected chi connectivity index (χ1v) is 9.74. The van der Waals surface area contributed by atoms with E-state index in [0.29, 0.717) is 23.2 Å². The maximum Gasteiger partial charge on any atom is 0.251 e. The summed E-state index contributed by atoms with van der Waals surface area (Å²) >= 11 is 1.21. The van der Waals surface area contributed by atoms with Crippen LogP contribution in [-0.2, 0) is 10.0 Å². The summed E-state index contributed by atoms with van der Waals surface area (Å²) < 4.78 is 27.6. The van der Waals surface area contributed by atoms with Crippen LogP contribution in [-0.4, -0.2) is 43.4 Å². The summed E-state index contributed by atoms with van der Waals surface area (Å²) in [6, 6.07) is 3.30. The van der Waals surface area contributed by atoms with Crippen molar-refractivity contribution in [2.75, 3.05) is 18.0 Å². The third kappa shape index (κ3) is 2.66. The minimum absolute atomic E-state index is 0.0294. The molecule has 0 radical (unpaired) electrons. The average Bonchev–Trinajstić information content (AvgIpc) is 3.01. The van der Waals surface area contributed by atoms with E-state index in [-0.39, 0.29) is 23.4 Å². The molecule has 3 N–H and O–H groups in total. The summed E-state index contributed by atoms with van der Waals surface area (Å²) in [4.78, 5) is 21.3. The van der Waals surface area contributed by atoms with Crippen LogP contribution in [0, 0.1) is 11.8 Å². The van der Waals surface area contributed by atoms with Crippen LogP contribution in [0.25, 0.3) is 0 Å². The van der Waals surface area contributed by atoms with E-state index < -0.39 is 15.9 Å². The fourth-order valence-electron chi connectivity index (χ4n) is 3.13. The molecule has 0 spiro atoms. The lowest BCUT2D eigenvalue weighted by atomic mass is 10.3. The van der Waals surface area contributed by atoms with E-state index >= 15 is 0 Å². The molecule has 2 aliphatic rings. The first kappa shape index (κ1) is 15.5. The van der Waals surface area contributed by atoms with Gasteiger partial charge in [-0.3, -0.25) is 4.79 Å². The maximum atomic E-state index is 12.2. The minimum Gasteiger partial charge on any atom is -0.366 e. The molecule has 1 aliphatic carbocycles. The molecular weight excluding hydrogens is 350 g/mol. The minimum atomic E-state index is -3.43. The highest BCUT2D eigenvalue weighted by atomic mass is 32.2. The number of primary amides is 1. The summed E-state index contributed by atoms with van der Waals surface area (Å²) in [6.45, 7) is 1.39. The molecule has 2 unspecified atom stereocenters. The molecular formula is C14H15N5O3S2. The second-order valence-corrected chi connectivity index (χ2v) is 8.84. The van der Waals surface area contributed by atoms with Crippen molar-refractivity contribution >= 4 is 33.2 Å². The Morgan fingerprint density at radius 2 is 1.96 bits per heavy atom. The highest BCUT2D eigenvalue weighted by molar-refractivity contribution is 7.91. The highest BCUT2D eigenvalue weighted by Crippen LogP contribution is 2.46. The SMILES string of the molecule is NC(=O)c1cnc(N2CC3C(C2)C3NS(=O)(=O)c2cccs2)nc1. The van der Waals surface area contributed by atoms with Crippen molar-refractivity contribution in [3.63, 3.8) is 0 Å². The Morgan fingerprint density at radius 3 is 2.50 bits per heavy atom. The van der Waals surface area contributed by atoms with Crippen molar-refractivity contribution in [3.8, 4) is 0 Å². The van der Waals surface area contributed by atoms with E-state index in [9.17, 15) is 13.2 Å². The van der Waals surface area contributed by atoms with Crippen molar-refractivity contribution < 1.29 is 13.2 Å². The number of anilines is 1. The predicted molar refractivity (Wildman–Crippen MR) is 88.2 cm³/mol. The van der Waals surface area contributed by atoms with Crippen molar-refractivity contribution in [1.29, 1.82) is 0 Å². The molecule has 1 saturated carbocycles. The number of nitrogens with one attached hydrogen (secondary N) is 1. The highest BCUT2D eigenvalue weighted by Gasteiger charge is 2.57. The van der Waals surface area contributed by atoms with Gasteiger partial charge < -0.3 is 10.6 Å². The Morgan fingerprint density at radius 1 is 1.29 bits per heavy atom. The van der Waals surface area contributed by atoms with Crippen LogP contribution in [0.2, 0.25) is 0 Å². The molecule has 1 aliphatic heterocycles. The molecule has 24 heavy (non-hydrogen) atoms. The fraction of sp³-hybridized carbons (Fsp3) is 0.357. The van der Waals surface area contributed by atoms with Gasteiger partial charge in [0.2, 0.25) is 16.0 Å². The lowest BCUT2D eigenvalue weighted by Crippen LogP contribution is -2.35. The molecule has 3 heterocycles. The summed E-state index contributed by atoms with van der Waals surface area (Å²) in [6.07, 6.45) is 2.82. The lowest BCUT2D eigenvalue weighted by Gasteiger charge is -2.19. The predicted octanol–water partition coefficient (Wildman–Crippen LogP) is 0.0501. The zero-order valence-corrected chi connectivity index (χ0v) is 14.1. The molecule has 10 heteroatoms. The van der Waals surface area contributed by atoms with Gasteiger partial charge in [-0.25, -0.2) is 23.1 Å². The molecule has 2 aromatic rings. The first-order chi connectivity index (χ1) is 11.5. The number of nitrogens with two attached hydrogens (primary N) is 1. The lowest BCUT2D eigenvalue weighted by molar-refractivity contribution is 0.0999. The molecule has 2 aromatic heterocycles. The molecule has 0 bridgehead atoms. The van der Waals surface area contributed by atoms with Gasteiger partial charge in [-0.15, -0.1) is 11.3 Å². The third-order valence-electron chi connectivity index (χ3n) is 4.45. The van der Waals surface area contributed by atoms with Crippen LogP contribution >= 0.6 is 11.3 Å². The number of carbonyl (C=O) groups is 1. The molecule has 2 fully saturated rings. The van der Waals surface area contributed by atoms with Gasteiger partial charge in [0.25, 0.3) is 5.91 Å². The Hall–Kier alpha value is -2.04. The number of nitrogens with zero attached hydrogens (tertiary/aromatic N) is 3. The summed E-state index contributed by atoms with van der Waals surface area (Å²) in [5.41, 5.74) is 5.43. The summed E-state index contributed by atoms with van der Waals surface area (Å²) in [5, 5.41) is 1.75. The third-order valence-corrected chi connectivity index (χ3v) is 7.31. The first-order valence-electron chi connectivity index (χ1n) is 7.38. The number of sulfonamides is 1. The smallest absolute Gasteiger partial charge is 0.251 e. The second kappa shape index (κ2) is 5.50. The number of rotatable bonds is 5. The number of fused-ring (bicyclic) bond motifs is 1. The van der Waals surface area contributed by atoms with Crippen LogP contribution in [0.5, 0.6) is 0 Å². The van der Waals surface area contributed by atoms with Crippen LogP contribution in [0.1, 0.15) is 10.4 Å². The number of thiophene rings is 1. The molecule has 1 amide bonds. The van der Waals surface area contributed by atoms with Gasteiger partial charge >= 0.3 is 0 Å². The average molecular weight is 365 g/mol. The van der Waals surface area contributed by atoms with E-state index in [0.717, 1.165) is 0 Å². The molecule has 0 aromatic carbocycles. The van der Waals surface area contributed by atoms with E-state index in [1.807, 2.05) is 4.90 Å². The van der Waals surface area contributed by atoms with Gasteiger partial charge in [0, 0.05) is 31.5 Å². The molecule has 8 nitrogen and oxygen atoms in total. The van der Waals surface area contributed by atoms with E-state index in [4.69, 9.17) is 5.73 Å². The largest absolute Gasteiger partial charge is 0.366 e. The van der Waals surface area contributed by atoms with Crippen molar-refractivity contribution in [2.24, 2.45) is 17.6 Å². The Bertz CT molecular complexity index is 854. The van der Waals surface area contributed by atoms with E-state index in [1.54, 1.807) is 17.5 Å². The number of aromatic nitrogens is 2. The Labute approximate surface area is 142 Å². The molecule has 1 saturated heterocycles. The van der Waals surface area contributed by atoms with Crippen molar-refractivity contribution in [2.45, 2.75) is 10.3 Å². The molecule has 4 rings (SSSR count). The van der Waals surface area contributed by atoms with Crippen molar-refractivity contribution in [1.82, 2.24) is 14.7 Å². The summed E-state index contributed by atoms with van der Waals surface area (Å²) in [7, 11) is -3.43. The number of amides is 1. The maximum absolute atomic E-state index is 12.2. The van der Waals surface area contributed by atoms with Gasteiger partial charge in [0.15, 0.2) is 0 Å². The van der Waals surface area contributed by atoms with Crippen molar-refractivity contribution in [3.05, 3.63) is 35.5 Å². The van der Waals surface area contributed by atoms with Gasteiger partial charge in [-0.05, 0) is 23.3 Å². The summed E-state index contributed by atoms with van der Waals surface area (Å²) in [5.74, 6) is 0.499. The van der Waals surface area contributed by atoms with Crippen LogP contribution in [0.4, 0.5) is 5.95 Å². The Kier molecular flexibility index (Phi) is 3.55. The Balaban J connectivity index is 1.38. The fourth-order valence-corrected chi connectivity index (χ4v) is 5.48. The standard InChI is InChI=1S/C14H15N5O3S2/c15-13(20)8-4-16-14(17-5-8)19-6-9-10(7-19)12(9)18-24(21,22)11-2-1-3-23-11/h1-5,9-10,12,18H,6-7H2,(H2,15,20). The number of carbonyl (C=O) groups excluding carboxylic acids is 1. The van der Waals surface area contributed by atoms with Gasteiger partial charge in [-0.1, -0.05) is 6.07 Å². The zero-order valence-electron chi connectivity index (χ0n) is 12.5. The number of piperidine rings is 1. The zero-order chi connectivity index (χ0) is 16.9. The van der Waals surface area contributed by atoms with E-state index in [1.165, 1.54) is 23.7 Å². The topological polar surface area (TPSA) is 118 Å². The van der Waals surface area contributed by atoms with Crippen LogP contribution in [0.15, 0.2) is 34.1 Å². The van der Waals surface area contributed by atoms with E-state index in [2.05, 4.69) is 14.7 Å². The monoisotopic (exact) mass is 365 g/mol. The van der Waals surface area contributed by atoms with Crippen LogP contribution < -0.4 is 15.4 Å². The van der Waals surface area contributed by atoms with Gasteiger partial charge in [0.1, 0.15) is 4.21 Å². The molecule has 2 atom stereocenters. The van der Waals surface area contributed by atoms with Crippen LogP contribution in [0.3, 0.4) is 0 Å². The number of hydrogen-bond acceptors (Lipinski definition) is 7. The van der Waals surface area contributed by atoms with Gasteiger partial charge in [-0.2, -0.15) is 0 Å². The normalized spacial score (nSPS) is 25.5. The van der Waals surface area contributed by atoms with Gasteiger partial charge in [0.05, 0.1) is 5.56 Å².